The number of aromatic nitrogens is 1. The molecule has 5 rings (SSSR count). The number of morpholine rings is 2. The third-order valence-corrected chi connectivity index (χ3v) is 13.3. The number of nitrogens with zero attached hydrogens (tertiary/aromatic N) is 3. The Kier molecular flexibility index (Phi) is 114. The maximum Gasteiger partial charge on any atom is 0.311 e. The van der Waals surface area contributed by atoms with E-state index >= 15 is 0 Å². The van der Waals surface area contributed by atoms with Gasteiger partial charge in [-0.05, 0) is 114 Å². The summed E-state index contributed by atoms with van der Waals surface area (Å²) in [6.07, 6.45) is 8.54. The normalized spacial score (nSPS) is 13.3. The number of halogens is 2. The molecule has 1 aromatic heterocycles. The molecule has 5 unspecified atom stereocenters. The van der Waals surface area contributed by atoms with Crippen LogP contribution in [0, 0.1) is 17.3 Å². The van der Waals surface area contributed by atoms with Crippen LogP contribution in [0.15, 0.2) is 85.1 Å². The van der Waals surface area contributed by atoms with Gasteiger partial charge >= 0.3 is 5.97 Å². The molecule has 9 nitrogen and oxygen atoms in total. The fraction of sp³-hybridized carbons (Fsp3) is 0.750. The molecule has 0 amide bonds. The summed E-state index contributed by atoms with van der Waals surface area (Å²) in [6.45, 7) is 41.7. The number of carbonyl (C=O) groups excluding carboxylic acids is 1. The van der Waals surface area contributed by atoms with Gasteiger partial charge in [-0.25, -0.2) is 0 Å². The highest BCUT2D eigenvalue weighted by atomic mass is 35.5. The number of quaternary nitrogens is 2. The Morgan fingerprint density at radius 3 is 1.28 bits per heavy atom. The second-order valence-electron chi connectivity index (χ2n) is 20.7. The van der Waals surface area contributed by atoms with E-state index in [1.165, 1.54) is 76.6 Å². The van der Waals surface area contributed by atoms with Crippen LogP contribution in [0.3, 0.4) is 0 Å². The molecule has 5 atom stereocenters. The van der Waals surface area contributed by atoms with Crippen LogP contribution < -0.4 is 35.0 Å². The van der Waals surface area contributed by atoms with Crippen molar-refractivity contribution in [3.05, 3.63) is 102 Å². The SMILES string of the molecule is C.C.C.C.C.C.C.C.C.C.C.C.CCC(C)CN1CCOCC1.CCC(C)CNC.CCC(C)c1ccccc1.CCC(C)c1ccccc1.CCC(CC(C)(C)C(=O)OC)c1ccccn1.CC[N+](C)(C)C.CC[NH+]1CCOCC1.[Cl-].[Cl-]. The van der Waals surface area contributed by atoms with Crippen LogP contribution in [0.5, 0.6) is 0 Å². The second kappa shape index (κ2) is 77.4. The average molecular weight is 1230 g/mol. The average Bonchev–Trinajstić information content (AvgIpc) is 3.39. The molecule has 2 N–H and O–H groups in total. The van der Waals surface area contributed by atoms with Crippen molar-refractivity contribution in [2.24, 2.45) is 17.3 Å². The van der Waals surface area contributed by atoms with Crippen LogP contribution in [0.2, 0.25) is 0 Å². The lowest BCUT2D eigenvalue weighted by Gasteiger charge is -2.28. The lowest BCUT2D eigenvalue weighted by molar-refractivity contribution is -0.906. The van der Waals surface area contributed by atoms with Gasteiger partial charge in [-0.1, -0.05) is 231 Å². The van der Waals surface area contributed by atoms with Crippen LogP contribution in [-0.2, 0) is 19.0 Å². The molecule has 0 radical (unpaired) electrons. The molecule has 0 spiro atoms. The summed E-state index contributed by atoms with van der Waals surface area (Å²) in [4.78, 5) is 20.2. The van der Waals surface area contributed by atoms with E-state index in [0.717, 1.165) is 80.9 Å². The summed E-state index contributed by atoms with van der Waals surface area (Å²) in [5, 5.41) is 3.12. The van der Waals surface area contributed by atoms with Crippen molar-refractivity contribution in [3.8, 4) is 0 Å². The van der Waals surface area contributed by atoms with Gasteiger partial charge in [0.2, 0.25) is 0 Å². The van der Waals surface area contributed by atoms with Gasteiger partial charge in [0, 0.05) is 37.4 Å². The van der Waals surface area contributed by atoms with E-state index in [9.17, 15) is 4.79 Å². The van der Waals surface area contributed by atoms with Crippen LogP contribution in [0.4, 0.5) is 0 Å². The first-order valence-electron chi connectivity index (χ1n) is 27.1. The number of nitrogens with one attached hydrogen (secondary N) is 2. The molecule has 3 aromatic rings. The largest absolute Gasteiger partial charge is 1.00 e. The second-order valence-corrected chi connectivity index (χ2v) is 20.7. The number of likely N-dealkylation sites (N-methyl/N-ethyl adjacent to an activating group) is 1. The van der Waals surface area contributed by atoms with E-state index in [2.05, 4.69) is 173 Å². The lowest BCUT2D eigenvalue weighted by Crippen LogP contribution is -3.13. The Hall–Kier alpha value is -2.60. The topological polar surface area (TPSA) is 77.4 Å². The van der Waals surface area contributed by atoms with Crippen molar-refractivity contribution >= 4 is 5.97 Å². The third-order valence-electron chi connectivity index (χ3n) is 13.3. The van der Waals surface area contributed by atoms with Gasteiger partial charge < -0.3 is 53.7 Å². The number of ether oxygens (including phenoxy) is 3. The van der Waals surface area contributed by atoms with E-state index in [0.29, 0.717) is 17.8 Å². The van der Waals surface area contributed by atoms with Crippen molar-refractivity contribution in [2.45, 2.75) is 235 Å². The summed E-state index contributed by atoms with van der Waals surface area (Å²) in [5.74, 6) is 3.23. The predicted molar refractivity (Wildman–Crippen MR) is 379 cm³/mol. The van der Waals surface area contributed by atoms with Crippen LogP contribution in [-0.4, -0.2) is 134 Å². The molecule has 11 heteroatoms. The molecule has 0 saturated carbocycles. The van der Waals surface area contributed by atoms with E-state index in [4.69, 9.17) is 14.2 Å². The Balaban J connectivity index is -0.0000000447. The fourth-order valence-electron chi connectivity index (χ4n) is 6.95. The molecule has 510 valence electrons. The summed E-state index contributed by atoms with van der Waals surface area (Å²) in [7, 11) is 9.97. The molecule has 0 aliphatic carbocycles. The molecule has 2 fully saturated rings. The highest BCUT2D eigenvalue weighted by Gasteiger charge is 2.32. The quantitative estimate of drug-likeness (QED) is 0.103. The number of hydrogen-bond donors (Lipinski definition) is 2. The van der Waals surface area contributed by atoms with E-state index in [1.807, 2.05) is 39.1 Å². The van der Waals surface area contributed by atoms with Crippen molar-refractivity contribution in [2.75, 3.05) is 114 Å². The Morgan fingerprint density at radius 1 is 0.614 bits per heavy atom. The molecule has 3 heterocycles. The minimum atomic E-state index is -0.465. The van der Waals surface area contributed by atoms with Gasteiger partial charge in [-0.2, -0.15) is 0 Å². The standard InChI is InChI=1S/C14H21NO2.2C10H14.C9H19NO.C6H13NO.C6H15N.C5H14N.12CH4.2ClH/c1-5-11(12-8-6-7-9-15-12)10-14(2,3)13(16)17-4;2*1-3-9(2)10-7-5-4-6-8-10;1-3-9(2)8-10-4-6-11-7-5-10;1-2-7-3-5-8-6-4-7;1-4-6(2)5-7-3;1-5-6(2,3)4;;;;;;;;;;;;;;/h6-9,11H,5,10H2,1-4H3;2*4-9H,3H2,1-2H3;9H,3-8H2,1-2H3;2-6H2,1H3;6-7H,4-5H2,1-3H3;5H2,1-4H3;12*1H4;2*1H/q;;;;;;+1;;;;;;;;;;;;;;/p-1. The first-order chi connectivity index (χ1) is 32.8. The first-order valence-corrected chi connectivity index (χ1v) is 27.1. The van der Waals surface area contributed by atoms with Crippen molar-refractivity contribution in [1.29, 1.82) is 0 Å². The van der Waals surface area contributed by atoms with Crippen molar-refractivity contribution in [1.82, 2.24) is 15.2 Å². The van der Waals surface area contributed by atoms with Crippen LogP contribution >= 0.6 is 0 Å². The number of carbonyl (C=O) groups is 1. The number of hydrogen-bond acceptors (Lipinski definition) is 7. The lowest BCUT2D eigenvalue weighted by atomic mass is 9.80. The molecule has 83 heavy (non-hydrogen) atoms. The maximum atomic E-state index is 11.7. The summed E-state index contributed by atoms with van der Waals surface area (Å²) in [6, 6.07) is 27.2. The van der Waals surface area contributed by atoms with Gasteiger partial charge in [-0.3, -0.25) is 14.7 Å². The predicted octanol–water partition coefficient (Wildman–Crippen LogP) is 13.5. The molecule has 2 aromatic carbocycles. The highest BCUT2D eigenvalue weighted by Crippen LogP contribution is 2.33. The summed E-state index contributed by atoms with van der Waals surface area (Å²) >= 11 is 0. The molecule has 2 saturated heterocycles. The smallest absolute Gasteiger partial charge is 0.311 e. The zero-order chi connectivity index (χ0) is 52.5. The van der Waals surface area contributed by atoms with Gasteiger partial charge in [0.15, 0.2) is 0 Å². The van der Waals surface area contributed by atoms with Crippen LogP contribution in [0.1, 0.15) is 252 Å². The number of pyridine rings is 1. The van der Waals surface area contributed by atoms with Gasteiger partial charge in [0.1, 0.15) is 13.1 Å². The zero-order valence-corrected chi connectivity index (χ0v) is 50.4. The Bertz CT molecular complexity index is 1510. The van der Waals surface area contributed by atoms with E-state index in [-0.39, 0.29) is 120 Å². The molecule has 2 aliphatic heterocycles. The minimum Gasteiger partial charge on any atom is -1.00 e. The summed E-state index contributed by atoms with van der Waals surface area (Å²) < 4.78 is 16.4. The van der Waals surface area contributed by atoms with Gasteiger partial charge in [-0.15, -0.1) is 0 Å². The van der Waals surface area contributed by atoms with Crippen LogP contribution in [0.25, 0.3) is 0 Å². The first kappa shape index (κ1) is 122. The number of esters is 1. The number of methoxy groups -OCH3 is 1. The molecule has 0 bridgehead atoms. The highest BCUT2D eigenvalue weighted by molar-refractivity contribution is 5.75. The number of benzene rings is 2. The summed E-state index contributed by atoms with van der Waals surface area (Å²) in [5.41, 5.74) is 3.48. The van der Waals surface area contributed by atoms with Gasteiger partial charge in [0.05, 0.1) is 73.2 Å². The molecule has 2 aliphatic rings. The number of rotatable bonds is 17. The zero-order valence-electron chi connectivity index (χ0n) is 48.9. The third kappa shape index (κ3) is 66.8. The monoisotopic (exact) mass is 1230 g/mol. The molecular weight excluding hydrogens is 1070 g/mol. The Labute approximate surface area is 540 Å². The van der Waals surface area contributed by atoms with E-state index in [1.54, 1.807) is 11.1 Å². The van der Waals surface area contributed by atoms with Crippen molar-refractivity contribution in [3.63, 3.8) is 0 Å². The maximum absolute atomic E-state index is 11.7. The molecular formula is C72H159Cl2N5O4. The Morgan fingerprint density at radius 2 is 1.00 bits per heavy atom. The minimum absolute atomic E-state index is 0. The van der Waals surface area contributed by atoms with Gasteiger partial charge in [0.25, 0.3) is 0 Å². The van der Waals surface area contributed by atoms with E-state index < -0.39 is 5.41 Å². The van der Waals surface area contributed by atoms with Crippen molar-refractivity contribution < 1.29 is 53.2 Å². The fourth-order valence-corrected chi connectivity index (χ4v) is 6.95.